The zero-order chi connectivity index (χ0) is 10.8. The molecule has 0 bridgehead atoms. The Labute approximate surface area is 84.8 Å². The third-order valence-corrected chi connectivity index (χ3v) is 2.99. The molecular weight excluding hydrogens is 180 g/mol. The normalized spacial score (nSPS) is 30.2. The summed E-state index contributed by atoms with van der Waals surface area (Å²) in [5.74, 6) is -0.333. The highest BCUT2D eigenvalue weighted by Gasteiger charge is 2.44. The highest BCUT2D eigenvalue weighted by molar-refractivity contribution is 5.96. The minimum absolute atomic E-state index is 0.290. The van der Waals surface area contributed by atoms with Crippen LogP contribution in [-0.4, -0.2) is 28.7 Å². The van der Waals surface area contributed by atoms with E-state index in [1.54, 1.807) is 0 Å². The van der Waals surface area contributed by atoms with Crippen molar-refractivity contribution in [2.24, 2.45) is 0 Å². The van der Waals surface area contributed by atoms with Crippen molar-refractivity contribution in [3.05, 3.63) is 12.7 Å². The smallest absolute Gasteiger partial charge is 0.186 e. The number of rotatable bonds is 5. The monoisotopic (exact) mass is 198 g/mol. The lowest BCUT2D eigenvalue weighted by Crippen LogP contribution is -2.51. The van der Waals surface area contributed by atoms with E-state index in [1.165, 1.54) is 13.0 Å². The van der Waals surface area contributed by atoms with Crippen molar-refractivity contribution in [2.75, 3.05) is 6.61 Å². The van der Waals surface area contributed by atoms with Gasteiger partial charge in [-0.15, -0.1) is 0 Å². The molecule has 1 fully saturated rings. The molecule has 1 aliphatic rings. The summed E-state index contributed by atoms with van der Waals surface area (Å²) in [6.07, 6.45) is 3.28. The van der Waals surface area contributed by atoms with Gasteiger partial charge in [-0.05, 0) is 25.8 Å². The molecule has 2 atom stereocenters. The van der Waals surface area contributed by atoms with Gasteiger partial charge in [-0.25, -0.2) is 0 Å². The highest BCUT2D eigenvalue weighted by Crippen LogP contribution is 2.37. The fraction of sp³-hybridized carbons (Fsp3) is 0.727. The van der Waals surface area contributed by atoms with E-state index in [4.69, 9.17) is 4.74 Å². The Bertz CT molecular complexity index is 233. The maximum atomic E-state index is 11.3. The average molecular weight is 198 g/mol. The van der Waals surface area contributed by atoms with Crippen LogP contribution in [0.15, 0.2) is 12.7 Å². The first kappa shape index (κ1) is 11.4. The van der Waals surface area contributed by atoms with Crippen molar-refractivity contribution in [3.8, 4) is 0 Å². The Hall–Kier alpha value is -0.670. The maximum Gasteiger partial charge on any atom is 0.186 e. The van der Waals surface area contributed by atoms with Crippen LogP contribution in [0.5, 0.6) is 0 Å². The van der Waals surface area contributed by atoms with E-state index < -0.39 is 5.60 Å². The third-order valence-electron chi connectivity index (χ3n) is 2.99. The first-order valence-corrected chi connectivity index (χ1v) is 4.99. The Morgan fingerprint density at radius 2 is 2.36 bits per heavy atom. The highest BCUT2D eigenvalue weighted by atomic mass is 16.5. The van der Waals surface area contributed by atoms with Crippen LogP contribution in [0.4, 0.5) is 0 Å². The van der Waals surface area contributed by atoms with E-state index in [1.807, 2.05) is 6.92 Å². The first-order chi connectivity index (χ1) is 6.46. The largest absolute Gasteiger partial charge is 0.382 e. The van der Waals surface area contributed by atoms with Gasteiger partial charge in [0.15, 0.2) is 5.78 Å². The molecule has 80 valence electrons. The van der Waals surface area contributed by atoms with Gasteiger partial charge < -0.3 is 9.84 Å². The molecule has 0 aliphatic carbocycles. The second-order valence-electron chi connectivity index (χ2n) is 4.15. The SMILES string of the molecule is C=CC(=O)C(C)(O)CC1(CC)CCO1. The van der Waals surface area contributed by atoms with Crippen molar-refractivity contribution in [1.29, 1.82) is 0 Å². The molecule has 0 aromatic carbocycles. The molecule has 0 saturated carbocycles. The van der Waals surface area contributed by atoms with Gasteiger partial charge in [-0.2, -0.15) is 0 Å². The summed E-state index contributed by atoms with van der Waals surface area (Å²) in [6.45, 7) is 7.64. The number of aliphatic hydroxyl groups is 1. The summed E-state index contributed by atoms with van der Waals surface area (Å²) in [5.41, 5.74) is -1.62. The summed E-state index contributed by atoms with van der Waals surface area (Å²) < 4.78 is 5.45. The summed E-state index contributed by atoms with van der Waals surface area (Å²) in [5, 5.41) is 9.91. The van der Waals surface area contributed by atoms with Crippen LogP contribution in [-0.2, 0) is 9.53 Å². The number of carbonyl (C=O) groups excluding carboxylic acids is 1. The fourth-order valence-electron chi connectivity index (χ4n) is 1.87. The van der Waals surface area contributed by atoms with E-state index in [-0.39, 0.29) is 11.4 Å². The Morgan fingerprint density at radius 3 is 2.64 bits per heavy atom. The number of hydrogen-bond acceptors (Lipinski definition) is 3. The third kappa shape index (κ3) is 2.04. The van der Waals surface area contributed by atoms with Crippen molar-refractivity contribution < 1.29 is 14.6 Å². The molecule has 3 nitrogen and oxygen atoms in total. The van der Waals surface area contributed by atoms with E-state index >= 15 is 0 Å². The van der Waals surface area contributed by atoms with Crippen LogP contribution >= 0.6 is 0 Å². The number of carbonyl (C=O) groups is 1. The molecule has 1 N–H and O–H groups in total. The maximum absolute atomic E-state index is 11.3. The number of hydrogen-bond donors (Lipinski definition) is 1. The minimum Gasteiger partial charge on any atom is -0.382 e. The second kappa shape index (κ2) is 3.83. The molecule has 1 saturated heterocycles. The summed E-state index contributed by atoms with van der Waals surface area (Å²) in [4.78, 5) is 11.3. The predicted octanol–water partition coefficient (Wildman–Crippen LogP) is 1.45. The zero-order valence-corrected chi connectivity index (χ0v) is 8.88. The molecular formula is C11H18O3. The van der Waals surface area contributed by atoms with Gasteiger partial charge in [0.2, 0.25) is 0 Å². The summed E-state index contributed by atoms with van der Waals surface area (Å²) in [6, 6.07) is 0. The van der Waals surface area contributed by atoms with Gasteiger partial charge in [0.25, 0.3) is 0 Å². The van der Waals surface area contributed by atoms with Crippen molar-refractivity contribution in [2.45, 2.75) is 44.3 Å². The second-order valence-corrected chi connectivity index (χ2v) is 4.15. The molecule has 1 heterocycles. The molecule has 1 aliphatic heterocycles. The lowest BCUT2D eigenvalue weighted by Gasteiger charge is -2.44. The minimum atomic E-state index is -1.34. The number of ether oxygens (including phenoxy) is 1. The van der Waals surface area contributed by atoms with Gasteiger partial charge in [-0.3, -0.25) is 4.79 Å². The van der Waals surface area contributed by atoms with Crippen molar-refractivity contribution >= 4 is 5.78 Å². The Morgan fingerprint density at radius 1 is 1.79 bits per heavy atom. The summed E-state index contributed by atoms with van der Waals surface area (Å²) in [7, 11) is 0. The molecule has 2 unspecified atom stereocenters. The molecule has 14 heavy (non-hydrogen) atoms. The lowest BCUT2D eigenvalue weighted by molar-refractivity contribution is -0.183. The molecule has 0 amide bonds. The van der Waals surface area contributed by atoms with Crippen molar-refractivity contribution in [1.82, 2.24) is 0 Å². The molecule has 0 aromatic rings. The standard InChI is InChI=1S/C11H18O3/c1-4-9(12)10(3,13)8-11(5-2)6-7-14-11/h4,13H,1,5-8H2,2-3H3. The molecule has 3 heteroatoms. The van der Waals surface area contributed by atoms with Gasteiger partial charge in [-0.1, -0.05) is 13.5 Å². The quantitative estimate of drug-likeness (QED) is 0.680. The van der Waals surface area contributed by atoms with Crippen molar-refractivity contribution in [3.63, 3.8) is 0 Å². The predicted molar refractivity (Wildman–Crippen MR) is 54.0 cm³/mol. The Balaban J connectivity index is 2.65. The molecule has 1 rings (SSSR count). The molecule has 0 aromatic heterocycles. The van der Waals surface area contributed by atoms with Gasteiger partial charge in [0.1, 0.15) is 5.60 Å². The van der Waals surface area contributed by atoms with E-state index in [0.717, 1.165) is 19.4 Å². The first-order valence-electron chi connectivity index (χ1n) is 4.99. The van der Waals surface area contributed by atoms with Crippen LogP contribution in [0, 0.1) is 0 Å². The van der Waals surface area contributed by atoms with Gasteiger partial charge in [0.05, 0.1) is 12.2 Å². The Kier molecular flexibility index (Phi) is 3.12. The van der Waals surface area contributed by atoms with Crippen LogP contribution in [0.1, 0.15) is 33.1 Å². The van der Waals surface area contributed by atoms with E-state index in [9.17, 15) is 9.90 Å². The lowest BCUT2D eigenvalue weighted by atomic mass is 9.79. The van der Waals surface area contributed by atoms with Crippen LogP contribution in [0.25, 0.3) is 0 Å². The van der Waals surface area contributed by atoms with Crippen LogP contribution in [0.2, 0.25) is 0 Å². The molecule has 0 radical (unpaired) electrons. The fourth-order valence-corrected chi connectivity index (χ4v) is 1.87. The van der Waals surface area contributed by atoms with Crippen LogP contribution in [0.3, 0.4) is 0 Å². The van der Waals surface area contributed by atoms with E-state index in [2.05, 4.69) is 6.58 Å². The number of ketones is 1. The van der Waals surface area contributed by atoms with E-state index in [0.29, 0.717) is 6.42 Å². The average Bonchev–Trinajstić information content (AvgIpc) is 2.10. The summed E-state index contributed by atoms with van der Waals surface area (Å²) >= 11 is 0. The topological polar surface area (TPSA) is 46.5 Å². The van der Waals surface area contributed by atoms with Gasteiger partial charge >= 0.3 is 0 Å². The molecule has 0 spiro atoms. The van der Waals surface area contributed by atoms with Crippen LogP contribution < -0.4 is 0 Å². The van der Waals surface area contributed by atoms with Gasteiger partial charge in [0, 0.05) is 6.42 Å². The zero-order valence-electron chi connectivity index (χ0n) is 8.88.